The molecule has 1 amide bonds. The molecule has 2 aromatic carbocycles. The van der Waals surface area contributed by atoms with Gasteiger partial charge in [0.1, 0.15) is 23.4 Å². The van der Waals surface area contributed by atoms with Crippen molar-refractivity contribution >= 4 is 40.3 Å². The number of esters is 1. The number of allylic oxidation sites excluding steroid dienone is 3. The number of phenols is 3. The molecule has 2 aromatic rings. The highest BCUT2D eigenvalue weighted by Gasteiger charge is 2.50. The van der Waals surface area contributed by atoms with Crippen LogP contribution in [0.4, 0.5) is 5.69 Å². The Morgan fingerprint density at radius 1 is 0.914 bits per heavy atom. The Bertz CT molecular complexity index is 2050. The number of nitrogens with one attached hydrogen (secondary N) is 1. The lowest BCUT2D eigenvalue weighted by Gasteiger charge is -2.37. The predicted molar refractivity (Wildman–Crippen MR) is 219 cm³/mol. The second kappa shape index (κ2) is 17.4. The van der Waals surface area contributed by atoms with E-state index in [0.717, 1.165) is 13.1 Å². The molecule has 316 valence electrons. The Balaban J connectivity index is 1.69. The zero-order valence-electron chi connectivity index (χ0n) is 34.9. The fourth-order valence-electron chi connectivity index (χ4n) is 7.79. The van der Waals surface area contributed by atoms with E-state index < -0.39 is 76.8 Å². The van der Waals surface area contributed by atoms with Crippen LogP contribution in [0.25, 0.3) is 10.8 Å². The van der Waals surface area contributed by atoms with Gasteiger partial charge in [0, 0.05) is 74.3 Å². The number of ether oxygens (including phenoxy) is 3. The molecule has 15 nitrogen and oxygen atoms in total. The van der Waals surface area contributed by atoms with Crippen LogP contribution in [0.2, 0.25) is 0 Å². The zero-order valence-corrected chi connectivity index (χ0v) is 34.9. The summed E-state index contributed by atoms with van der Waals surface area (Å²) in [6, 6.07) is 0. The molecular weight excluding hydrogens is 748 g/mol. The summed E-state index contributed by atoms with van der Waals surface area (Å²) in [7, 11) is 1.99. The van der Waals surface area contributed by atoms with E-state index in [2.05, 4.69) is 15.3 Å². The quantitative estimate of drug-likeness (QED) is 0.105. The summed E-state index contributed by atoms with van der Waals surface area (Å²) in [4.78, 5) is 42.5. The number of aliphatic hydroxyl groups is 2. The number of rotatable bonds is 3. The molecule has 0 aromatic heterocycles. The zero-order chi connectivity index (χ0) is 43.0. The number of benzene rings is 2. The number of piperazine rings is 1. The Labute approximate surface area is 339 Å². The molecular formula is C43H58N4O11. The van der Waals surface area contributed by atoms with Gasteiger partial charge in [0.2, 0.25) is 0 Å². The number of ketones is 1. The Hall–Kier alpha value is -5.12. The molecule has 4 aliphatic rings. The van der Waals surface area contributed by atoms with E-state index in [1.54, 1.807) is 44.0 Å². The van der Waals surface area contributed by atoms with Crippen LogP contribution in [0.15, 0.2) is 41.2 Å². The monoisotopic (exact) mass is 806 g/mol. The van der Waals surface area contributed by atoms with Crippen molar-refractivity contribution in [2.45, 2.75) is 86.4 Å². The van der Waals surface area contributed by atoms with Crippen molar-refractivity contribution in [2.75, 3.05) is 38.5 Å². The molecule has 0 unspecified atom stereocenters. The molecule has 0 radical (unpaired) electrons. The maximum Gasteiger partial charge on any atom is 0.312 e. The number of Topliss-reactive ketones (excluding diaryl/α,β-unsaturated/α-hetero) is 1. The molecule has 0 saturated carbocycles. The van der Waals surface area contributed by atoms with Crippen LogP contribution in [-0.2, 0) is 19.1 Å². The number of amides is 1. The highest BCUT2D eigenvalue weighted by atomic mass is 16.7. The number of likely N-dealkylation sites (N-methyl/N-ethyl adjacent to an activating group) is 1. The molecule has 4 aliphatic heterocycles. The second-order valence-electron chi connectivity index (χ2n) is 16.3. The third kappa shape index (κ3) is 8.52. The summed E-state index contributed by atoms with van der Waals surface area (Å²) in [6.45, 7) is 17.2. The van der Waals surface area contributed by atoms with Crippen molar-refractivity contribution in [3.8, 4) is 23.0 Å². The first-order valence-corrected chi connectivity index (χ1v) is 19.7. The summed E-state index contributed by atoms with van der Waals surface area (Å²) < 4.78 is 17.9. The number of hydrazone groups is 1. The number of phenolic OH excluding ortho intramolecular Hbond substituents is 3. The Morgan fingerprint density at radius 2 is 1.57 bits per heavy atom. The lowest BCUT2D eigenvalue weighted by Crippen LogP contribution is -2.45. The normalized spacial score (nSPS) is 32.4. The van der Waals surface area contributed by atoms with Crippen molar-refractivity contribution in [2.24, 2.45) is 34.7 Å². The number of anilines is 1. The molecule has 1 fully saturated rings. The van der Waals surface area contributed by atoms with Gasteiger partial charge < -0.3 is 50.0 Å². The average Bonchev–Trinajstić information content (AvgIpc) is 3.44. The standard InChI is InChI=1S/C43H58N4O11/c1-21-14-19-56-43(9)41(54)32-30-31(36(51)27(7)40(32)58-43)38(53)33(29(37(30)52)20-44-47-17-15-46(10)16-18-47)45-42(55)23(3)13-11-12-22(2)34(49)25(5)35(50)26(6)39(24(21)4)57-28(8)48/h11-14,19-22,24-26,34-35,39,49-53H,15-18H2,1-10H3,(H,45,55)/b12-11+,19-14+,23-13-,44-20-/t21-,22-,24+,25+,26+,34-,35+,39+,43-/m0/s1. The average molecular weight is 807 g/mol. The van der Waals surface area contributed by atoms with Gasteiger partial charge in [-0.2, -0.15) is 5.10 Å². The predicted octanol–water partition coefficient (Wildman–Crippen LogP) is 4.96. The van der Waals surface area contributed by atoms with Crippen molar-refractivity contribution in [1.82, 2.24) is 9.91 Å². The van der Waals surface area contributed by atoms with Crippen molar-refractivity contribution in [3.63, 3.8) is 0 Å². The summed E-state index contributed by atoms with van der Waals surface area (Å²) in [5, 5.41) is 66.8. The molecule has 15 heteroatoms. The van der Waals surface area contributed by atoms with Gasteiger partial charge in [0.05, 0.1) is 46.9 Å². The van der Waals surface area contributed by atoms with Gasteiger partial charge in [0.25, 0.3) is 11.7 Å². The fourth-order valence-corrected chi connectivity index (χ4v) is 7.79. The van der Waals surface area contributed by atoms with Crippen molar-refractivity contribution in [1.29, 1.82) is 0 Å². The van der Waals surface area contributed by atoms with E-state index in [9.17, 15) is 39.9 Å². The van der Waals surface area contributed by atoms with Gasteiger partial charge in [0.15, 0.2) is 5.75 Å². The number of aromatic hydroxyl groups is 3. The lowest BCUT2D eigenvalue weighted by molar-refractivity contribution is -0.158. The number of fused-ring (bicyclic) bond motifs is 14. The minimum atomic E-state index is -1.99. The largest absolute Gasteiger partial charge is 0.507 e. The van der Waals surface area contributed by atoms with Crippen LogP contribution >= 0.6 is 0 Å². The Kier molecular flexibility index (Phi) is 13.2. The van der Waals surface area contributed by atoms with Gasteiger partial charge in [-0.3, -0.25) is 19.4 Å². The first kappa shape index (κ1) is 44.0. The molecule has 6 rings (SSSR count). The third-order valence-corrected chi connectivity index (χ3v) is 12.0. The SMILES string of the molecule is CC(=O)O[C@H]1[C@H](C)[C@H](O)[C@H](C)[C@@H](O)[C@@H](C)/C=C/C=C(/C)C(=O)Nc2c(/C=N\N3CCN(C)CC3)c(O)c3c4c(c(C)c(O)c3c2O)O[C@](C)(O/C=C/[C@H](C)[C@H]1C)C4=O. The first-order valence-electron chi connectivity index (χ1n) is 19.7. The van der Waals surface area contributed by atoms with Gasteiger partial charge >= 0.3 is 11.8 Å². The molecule has 0 spiro atoms. The van der Waals surface area contributed by atoms with Crippen molar-refractivity contribution in [3.05, 3.63) is 52.8 Å². The molecule has 6 N–H and O–H groups in total. The number of carbonyl (C=O) groups excluding carboxylic acids is 3. The molecule has 4 heterocycles. The number of hydrogen-bond donors (Lipinski definition) is 6. The number of carbonyl (C=O) groups is 3. The summed E-state index contributed by atoms with van der Waals surface area (Å²) in [5.41, 5.74) is -0.263. The van der Waals surface area contributed by atoms with Gasteiger partial charge in [-0.25, -0.2) is 0 Å². The van der Waals surface area contributed by atoms with Crippen LogP contribution < -0.4 is 10.1 Å². The number of aliphatic hydroxyl groups excluding tert-OH is 2. The van der Waals surface area contributed by atoms with Crippen LogP contribution in [-0.4, -0.2) is 117 Å². The molecule has 5 bridgehead atoms. The van der Waals surface area contributed by atoms with E-state index in [-0.39, 0.29) is 56.3 Å². The maximum absolute atomic E-state index is 14.4. The first-order chi connectivity index (χ1) is 27.2. The molecule has 1 saturated heterocycles. The third-order valence-electron chi connectivity index (χ3n) is 12.0. The summed E-state index contributed by atoms with van der Waals surface area (Å²) in [6.07, 6.45) is 6.17. The van der Waals surface area contributed by atoms with Crippen LogP contribution in [0.3, 0.4) is 0 Å². The van der Waals surface area contributed by atoms with E-state index >= 15 is 0 Å². The van der Waals surface area contributed by atoms with Crippen LogP contribution in [0.1, 0.15) is 76.9 Å². The molecule has 0 aliphatic carbocycles. The van der Waals surface area contributed by atoms with Gasteiger partial charge in [-0.1, -0.05) is 52.8 Å². The maximum atomic E-state index is 14.4. The smallest absolute Gasteiger partial charge is 0.312 e. The van der Waals surface area contributed by atoms with E-state index in [1.165, 1.54) is 46.2 Å². The Morgan fingerprint density at radius 3 is 2.21 bits per heavy atom. The highest BCUT2D eigenvalue weighted by Crippen LogP contribution is 2.55. The van der Waals surface area contributed by atoms with Gasteiger partial charge in [-0.15, -0.1) is 0 Å². The van der Waals surface area contributed by atoms with E-state index in [4.69, 9.17) is 14.2 Å². The molecule has 58 heavy (non-hydrogen) atoms. The van der Waals surface area contributed by atoms with E-state index in [0.29, 0.717) is 13.1 Å². The number of nitrogens with zero attached hydrogens (tertiary/aromatic N) is 3. The second-order valence-corrected chi connectivity index (χ2v) is 16.3. The van der Waals surface area contributed by atoms with E-state index in [1.807, 2.05) is 20.9 Å². The minimum Gasteiger partial charge on any atom is -0.507 e. The topological polar surface area (TPSA) is 211 Å². The minimum absolute atomic E-state index is 0.0693. The summed E-state index contributed by atoms with van der Waals surface area (Å²) in [5.74, 6) is -8.10. The van der Waals surface area contributed by atoms with Crippen LogP contribution in [0, 0.1) is 36.5 Å². The van der Waals surface area contributed by atoms with Gasteiger partial charge in [-0.05, 0) is 38.8 Å². The van der Waals surface area contributed by atoms with Crippen molar-refractivity contribution < 1.29 is 54.1 Å². The van der Waals surface area contributed by atoms with Crippen LogP contribution in [0.5, 0.6) is 23.0 Å². The molecule has 9 atom stereocenters. The summed E-state index contributed by atoms with van der Waals surface area (Å²) >= 11 is 0. The lowest BCUT2D eigenvalue weighted by atomic mass is 9.77. The number of hydrogen-bond acceptors (Lipinski definition) is 14. The highest BCUT2D eigenvalue weighted by molar-refractivity contribution is 6.23. The fraction of sp³-hybridized carbons (Fsp3) is 0.535.